The molecule has 0 spiro atoms. The van der Waals surface area contributed by atoms with Gasteiger partial charge in [0.15, 0.2) is 0 Å². The number of para-hydroxylation sites is 1. The van der Waals surface area contributed by atoms with Gasteiger partial charge in [-0.1, -0.05) is 24.4 Å². The number of amides is 1. The van der Waals surface area contributed by atoms with Crippen LogP contribution < -0.4 is 11.1 Å². The van der Waals surface area contributed by atoms with Crippen LogP contribution in [0.15, 0.2) is 42.7 Å². The molecule has 1 heterocycles. The summed E-state index contributed by atoms with van der Waals surface area (Å²) in [6, 6.07) is 11.3. The molecule has 0 atom stereocenters. The third-order valence-electron chi connectivity index (χ3n) is 4.02. The lowest BCUT2D eigenvalue weighted by atomic mass is 10.1. The van der Waals surface area contributed by atoms with Crippen LogP contribution in [0.2, 0.25) is 0 Å². The van der Waals surface area contributed by atoms with Crippen LogP contribution in [0.3, 0.4) is 0 Å². The molecule has 24 heavy (non-hydrogen) atoms. The number of hydrogen-bond acceptors (Lipinski definition) is 3. The van der Waals surface area contributed by atoms with Crippen LogP contribution in [0.25, 0.3) is 11.0 Å². The summed E-state index contributed by atoms with van der Waals surface area (Å²) >= 11 is 5.02. The van der Waals surface area contributed by atoms with Crippen molar-refractivity contribution in [3.63, 3.8) is 0 Å². The predicted octanol–water partition coefficient (Wildman–Crippen LogP) is 2.93. The largest absolute Gasteiger partial charge is 0.389 e. The van der Waals surface area contributed by atoms with E-state index < -0.39 is 0 Å². The number of carbonyl (C=O) groups excluding carboxylic acids is 1. The van der Waals surface area contributed by atoms with Crippen LogP contribution in [-0.2, 0) is 11.3 Å². The number of imidazole rings is 1. The smallest absolute Gasteiger partial charge is 0.244 e. The first-order chi connectivity index (χ1) is 11.5. The molecule has 2 aromatic carbocycles. The SMILES string of the molecule is Cc1cc2ncn(CC(=O)Nc3ccccc3C(N)=S)c2cc1C. The van der Waals surface area contributed by atoms with Gasteiger partial charge in [-0.05, 0) is 49.2 Å². The molecule has 3 rings (SSSR count). The monoisotopic (exact) mass is 338 g/mol. The second-order valence-corrected chi connectivity index (χ2v) is 6.20. The van der Waals surface area contributed by atoms with Crippen LogP contribution in [-0.4, -0.2) is 20.4 Å². The molecule has 0 fully saturated rings. The van der Waals surface area contributed by atoms with Crippen molar-refractivity contribution in [2.75, 3.05) is 5.32 Å². The molecular formula is C18H18N4OS. The van der Waals surface area contributed by atoms with Crippen molar-refractivity contribution in [2.24, 2.45) is 5.73 Å². The number of nitrogens with two attached hydrogens (primary N) is 1. The van der Waals surface area contributed by atoms with Crippen molar-refractivity contribution in [3.8, 4) is 0 Å². The fraction of sp³-hybridized carbons (Fsp3) is 0.167. The summed E-state index contributed by atoms with van der Waals surface area (Å²) in [5.74, 6) is -0.156. The molecule has 0 unspecified atom stereocenters. The Morgan fingerprint density at radius 2 is 1.96 bits per heavy atom. The lowest BCUT2D eigenvalue weighted by Crippen LogP contribution is -2.21. The van der Waals surface area contributed by atoms with Crippen molar-refractivity contribution in [1.82, 2.24) is 9.55 Å². The Labute approximate surface area is 145 Å². The minimum atomic E-state index is -0.156. The fourth-order valence-corrected chi connectivity index (χ4v) is 2.77. The van der Waals surface area contributed by atoms with E-state index >= 15 is 0 Å². The van der Waals surface area contributed by atoms with Gasteiger partial charge in [0.05, 0.1) is 23.0 Å². The van der Waals surface area contributed by atoms with Crippen molar-refractivity contribution in [2.45, 2.75) is 20.4 Å². The van der Waals surface area contributed by atoms with Crippen LogP contribution in [0.1, 0.15) is 16.7 Å². The number of carbonyl (C=O) groups is 1. The average molecular weight is 338 g/mol. The summed E-state index contributed by atoms with van der Waals surface area (Å²) in [5, 5.41) is 2.87. The summed E-state index contributed by atoms with van der Waals surface area (Å²) < 4.78 is 1.83. The van der Waals surface area contributed by atoms with Gasteiger partial charge in [-0.15, -0.1) is 0 Å². The summed E-state index contributed by atoms with van der Waals surface area (Å²) in [6.45, 7) is 4.27. The lowest BCUT2D eigenvalue weighted by molar-refractivity contribution is -0.116. The van der Waals surface area contributed by atoms with E-state index in [4.69, 9.17) is 18.0 Å². The van der Waals surface area contributed by atoms with Crippen LogP contribution in [0.5, 0.6) is 0 Å². The quantitative estimate of drug-likeness (QED) is 0.718. The van der Waals surface area contributed by atoms with E-state index in [-0.39, 0.29) is 17.4 Å². The average Bonchev–Trinajstić information content (AvgIpc) is 2.90. The Bertz CT molecular complexity index is 945. The molecule has 0 aliphatic heterocycles. The van der Waals surface area contributed by atoms with Gasteiger partial charge in [0.1, 0.15) is 11.5 Å². The van der Waals surface area contributed by atoms with Gasteiger partial charge in [-0.2, -0.15) is 0 Å². The minimum absolute atomic E-state index is 0.156. The van der Waals surface area contributed by atoms with Gasteiger partial charge in [0.25, 0.3) is 0 Å². The highest BCUT2D eigenvalue weighted by atomic mass is 32.1. The number of nitrogens with zero attached hydrogens (tertiary/aromatic N) is 2. The van der Waals surface area contributed by atoms with Crippen LogP contribution in [0.4, 0.5) is 5.69 Å². The van der Waals surface area contributed by atoms with E-state index in [9.17, 15) is 4.79 Å². The topological polar surface area (TPSA) is 72.9 Å². The Balaban J connectivity index is 1.84. The number of rotatable bonds is 4. The van der Waals surface area contributed by atoms with E-state index in [1.165, 1.54) is 11.1 Å². The Morgan fingerprint density at radius 3 is 2.71 bits per heavy atom. The molecule has 0 aliphatic carbocycles. The van der Waals surface area contributed by atoms with Gasteiger partial charge in [0.2, 0.25) is 5.91 Å². The van der Waals surface area contributed by atoms with Crippen LogP contribution >= 0.6 is 12.2 Å². The first-order valence-corrected chi connectivity index (χ1v) is 7.97. The molecule has 0 saturated heterocycles. The number of benzene rings is 2. The zero-order chi connectivity index (χ0) is 17.3. The van der Waals surface area contributed by atoms with Gasteiger partial charge >= 0.3 is 0 Å². The third-order valence-corrected chi connectivity index (χ3v) is 4.24. The van der Waals surface area contributed by atoms with E-state index in [1.807, 2.05) is 42.7 Å². The number of anilines is 1. The normalized spacial score (nSPS) is 10.8. The molecular weight excluding hydrogens is 320 g/mol. The number of fused-ring (bicyclic) bond motifs is 1. The maximum absolute atomic E-state index is 12.4. The molecule has 0 aliphatic rings. The number of aromatic nitrogens is 2. The summed E-state index contributed by atoms with van der Waals surface area (Å²) in [5.41, 5.74) is 11.1. The molecule has 0 saturated carbocycles. The van der Waals surface area contributed by atoms with E-state index in [2.05, 4.69) is 10.3 Å². The van der Waals surface area contributed by atoms with E-state index in [0.29, 0.717) is 11.3 Å². The Kier molecular flexibility index (Phi) is 4.31. The van der Waals surface area contributed by atoms with Crippen LogP contribution in [0, 0.1) is 13.8 Å². The van der Waals surface area contributed by atoms with Crippen molar-refractivity contribution in [3.05, 3.63) is 59.4 Å². The fourth-order valence-electron chi connectivity index (χ4n) is 2.59. The first kappa shape index (κ1) is 16.1. The lowest BCUT2D eigenvalue weighted by Gasteiger charge is -2.11. The second-order valence-electron chi connectivity index (χ2n) is 5.76. The highest BCUT2D eigenvalue weighted by Crippen LogP contribution is 2.19. The van der Waals surface area contributed by atoms with Crippen molar-refractivity contribution in [1.29, 1.82) is 0 Å². The molecule has 122 valence electrons. The molecule has 0 radical (unpaired) electrons. The zero-order valence-electron chi connectivity index (χ0n) is 13.5. The summed E-state index contributed by atoms with van der Waals surface area (Å²) in [6.07, 6.45) is 1.68. The maximum atomic E-state index is 12.4. The van der Waals surface area contributed by atoms with E-state index in [1.54, 1.807) is 18.5 Å². The number of aryl methyl sites for hydroxylation is 2. The van der Waals surface area contributed by atoms with Gasteiger partial charge in [-0.3, -0.25) is 4.79 Å². The number of nitrogens with one attached hydrogen (secondary N) is 1. The molecule has 1 amide bonds. The van der Waals surface area contributed by atoms with Crippen molar-refractivity contribution >= 4 is 39.8 Å². The van der Waals surface area contributed by atoms with E-state index in [0.717, 1.165) is 11.0 Å². The third kappa shape index (κ3) is 3.14. The Hall–Kier alpha value is -2.73. The Morgan fingerprint density at radius 1 is 1.25 bits per heavy atom. The second kappa shape index (κ2) is 6.41. The number of hydrogen-bond donors (Lipinski definition) is 2. The van der Waals surface area contributed by atoms with Crippen molar-refractivity contribution < 1.29 is 4.79 Å². The van der Waals surface area contributed by atoms with Gasteiger partial charge in [0, 0.05) is 5.56 Å². The molecule has 0 bridgehead atoms. The molecule has 5 nitrogen and oxygen atoms in total. The molecule has 6 heteroatoms. The summed E-state index contributed by atoms with van der Waals surface area (Å²) in [7, 11) is 0. The highest BCUT2D eigenvalue weighted by Gasteiger charge is 2.11. The molecule has 3 N–H and O–H groups in total. The molecule has 3 aromatic rings. The molecule has 1 aromatic heterocycles. The standard InChI is InChI=1S/C18H18N4OS/c1-11-7-15-16(8-12(11)2)22(10-20-15)9-17(23)21-14-6-4-3-5-13(14)18(19)24/h3-8,10H,9H2,1-2H3,(H2,19,24)(H,21,23). The maximum Gasteiger partial charge on any atom is 0.244 e. The van der Waals surface area contributed by atoms with Gasteiger partial charge in [-0.25, -0.2) is 4.98 Å². The summed E-state index contributed by atoms with van der Waals surface area (Å²) in [4.78, 5) is 17.0. The van der Waals surface area contributed by atoms with Gasteiger partial charge < -0.3 is 15.6 Å². The number of thiocarbonyl (C=S) groups is 1. The minimum Gasteiger partial charge on any atom is -0.389 e. The predicted molar refractivity (Wildman–Crippen MR) is 100 cm³/mol. The first-order valence-electron chi connectivity index (χ1n) is 7.56. The highest BCUT2D eigenvalue weighted by molar-refractivity contribution is 7.80. The zero-order valence-corrected chi connectivity index (χ0v) is 14.4.